The van der Waals surface area contributed by atoms with Gasteiger partial charge < -0.3 is 10.5 Å². The molecule has 0 aliphatic heterocycles. The first kappa shape index (κ1) is 11.5. The lowest BCUT2D eigenvalue weighted by Crippen LogP contribution is -2.15. The molecule has 82 valence electrons. The van der Waals surface area contributed by atoms with E-state index in [-0.39, 0.29) is 17.9 Å². The van der Waals surface area contributed by atoms with Crippen LogP contribution in [0.5, 0.6) is 5.75 Å². The van der Waals surface area contributed by atoms with E-state index in [2.05, 4.69) is 4.74 Å². The van der Waals surface area contributed by atoms with Crippen molar-refractivity contribution in [3.05, 3.63) is 29.6 Å². The zero-order chi connectivity index (χ0) is 11.4. The van der Waals surface area contributed by atoms with E-state index in [1.165, 1.54) is 0 Å². The fraction of sp³-hybridized carbons (Fsp3) is 0.222. The third-order valence-electron chi connectivity index (χ3n) is 1.65. The lowest BCUT2D eigenvalue weighted by Gasteiger charge is -2.05. The third kappa shape index (κ3) is 2.95. The number of hydrogen-bond donors (Lipinski definition) is 1. The molecular formula is C9H8F3NO2. The van der Waals surface area contributed by atoms with Crippen LogP contribution >= 0.6 is 0 Å². The standard InChI is InChI=1S/C9H8F3NO2/c10-7-3-5(15-9(11)12)1-2-6(7)8(14)4-13/h1-3,9H,4,13H2. The zero-order valence-electron chi connectivity index (χ0n) is 7.54. The Balaban J connectivity index is 2.93. The Kier molecular flexibility index (Phi) is 3.68. The molecule has 0 unspecified atom stereocenters. The van der Waals surface area contributed by atoms with Gasteiger partial charge in [0.05, 0.1) is 12.1 Å². The van der Waals surface area contributed by atoms with Crippen LogP contribution in [0.15, 0.2) is 18.2 Å². The summed E-state index contributed by atoms with van der Waals surface area (Å²) in [6.07, 6.45) is 0. The van der Waals surface area contributed by atoms with Gasteiger partial charge in [0.2, 0.25) is 0 Å². The van der Waals surface area contributed by atoms with Crippen molar-refractivity contribution in [1.29, 1.82) is 0 Å². The largest absolute Gasteiger partial charge is 0.435 e. The molecule has 1 aromatic carbocycles. The van der Waals surface area contributed by atoms with Gasteiger partial charge in [0.15, 0.2) is 5.78 Å². The van der Waals surface area contributed by atoms with Crippen LogP contribution in [0.25, 0.3) is 0 Å². The van der Waals surface area contributed by atoms with Crippen LogP contribution in [0.2, 0.25) is 0 Å². The first-order valence-electron chi connectivity index (χ1n) is 4.02. The average Bonchev–Trinajstić information content (AvgIpc) is 2.16. The second kappa shape index (κ2) is 4.79. The molecule has 0 atom stereocenters. The molecule has 2 N–H and O–H groups in total. The van der Waals surface area contributed by atoms with E-state index in [9.17, 15) is 18.0 Å². The number of alkyl halides is 2. The van der Waals surface area contributed by atoms with Gasteiger partial charge in [-0.05, 0) is 12.1 Å². The van der Waals surface area contributed by atoms with E-state index < -0.39 is 18.2 Å². The maximum atomic E-state index is 13.1. The molecule has 6 heteroatoms. The summed E-state index contributed by atoms with van der Waals surface area (Å²) < 4.78 is 40.6. The van der Waals surface area contributed by atoms with Crippen molar-refractivity contribution < 1.29 is 22.7 Å². The van der Waals surface area contributed by atoms with Crippen LogP contribution in [-0.2, 0) is 0 Å². The number of nitrogens with two attached hydrogens (primary N) is 1. The third-order valence-corrected chi connectivity index (χ3v) is 1.65. The van der Waals surface area contributed by atoms with E-state index in [0.717, 1.165) is 18.2 Å². The molecular weight excluding hydrogens is 211 g/mol. The van der Waals surface area contributed by atoms with Gasteiger partial charge in [-0.1, -0.05) is 0 Å². The summed E-state index contributed by atoms with van der Waals surface area (Å²) in [6.45, 7) is -3.37. The molecule has 1 aromatic rings. The normalized spacial score (nSPS) is 10.5. The number of carbonyl (C=O) groups is 1. The summed E-state index contributed by atoms with van der Waals surface area (Å²) in [4.78, 5) is 11.0. The van der Waals surface area contributed by atoms with Crippen molar-refractivity contribution in [3.63, 3.8) is 0 Å². The Morgan fingerprint density at radius 1 is 1.47 bits per heavy atom. The van der Waals surface area contributed by atoms with Crippen molar-refractivity contribution in [2.45, 2.75) is 6.61 Å². The first-order chi connectivity index (χ1) is 7.04. The summed E-state index contributed by atoms with van der Waals surface area (Å²) in [7, 11) is 0. The molecule has 0 saturated heterocycles. The van der Waals surface area contributed by atoms with Crippen LogP contribution in [0.1, 0.15) is 10.4 Å². The van der Waals surface area contributed by atoms with Gasteiger partial charge in [0.1, 0.15) is 11.6 Å². The maximum Gasteiger partial charge on any atom is 0.387 e. The highest BCUT2D eigenvalue weighted by molar-refractivity contribution is 5.97. The number of hydrogen-bond acceptors (Lipinski definition) is 3. The summed E-state index contributed by atoms with van der Waals surface area (Å²) in [5.74, 6) is -1.87. The number of carbonyl (C=O) groups excluding carboxylic acids is 1. The average molecular weight is 219 g/mol. The van der Waals surface area contributed by atoms with Crippen LogP contribution in [-0.4, -0.2) is 18.9 Å². The topological polar surface area (TPSA) is 52.3 Å². The highest BCUT2D eigenvalue weighted by Gasteiger charge is 2.12. The molecule has 15 heavy (non-hydrogen) atoms. The van der Waals surface area contributed by atoms with Crippen molar-refractivity contribution in [2.24, 2.45) is 5.73 Å². The Hall–Kier alpha value is -1.56. The van der Waals surface area contributed by atoms with Gasteiger partial charge in [0.25, 0.3) is 0 Å². The van der Waals surface area contributed by atoms with E-state index in [4.69, 9.17) is 5.73 Å². The van der Waals surface area contributed by atoms with Crippen LogP contribution in [0.3, 0.4) is 0 Å². The fourth-order valence-corrected chi connectivity index (χ4v) is 1.01. The van der Waals surface area contributed by atoms with Crippen LogP contribution in [0.4, 0.5) is 13.2 Å². The van der Waals surface area contributed by atoms with Gasteiger partial charge in [-0.3, -0.25) is 4.79 Å². The van der Waals surface area contributed by atoms with Crippen molar-refractivity contribution in [3.8, 4) is 5.75 Å². The Morgan fingerprint density at radius 2 is 2.13 bits per heavy atom. The highest BCUT2D eigenvalue weighted by atomic mass is 19.3. The molecule has 0 aliphatic carbocycles. The Bertz CT molecular complexity index is 368. The minimum atomic E-state index is -3.03. The number of Topliss-reactive ketones (excluding diaryl/α,β-unsaturated/α-hetero) is 1. The summed E-state index contributed by atoms with van der Waals surface area (Å²) in [5.41, 5.74) is 4.79. The Labute approximate surface area is 83.6 Å². The number of ketones is 1. The van der Waals surface area contributed by atoms with Crippen LogP contribution < -0.4 is 10.5 Å². The second-order valence-electron chi connectivity index (χ2n) is 2.65. The quantitative estimate of drug-likeness (QED) is 0.782. The van der Waals surface area contributed by atoms with Gasteiger partial charge in [-0.25, -0.2) is 4.39 Å². The molecule has 0 spiro atoms. The molecule has 0 bridgehead atoms. The van der Waals surface area contributed by atoms with Crippen molar-refractivity contribution in [1.82, 2.24) is 0 Å². The smallest absolute Gasteiger partial charge is 0.387 e. The van der Waals surface area contributed by atoms with Gasteiger partial charge in [-0.2, -0.15) is 8.78 Å². The summed E-state index contributed by atoms with van der Waals surface area (Å²) >= 11 is 0. The molecule has 0 aliphatic rings. The monoisotopic (exact) mass is 219 g/mol. The molecule has 0 radical (unpaired) electrons. The molecule has 0 saturated carbocycles. The predicted molar refractivity (Wildman–Crippen MR) is 46.4 cm³/mol. The SMILES string of the molecule is NCC(=O)c1ccc(OC(F)F)cc1F. The fourth-order valence-electron chi connectivity index (χ4n) is 1.01. The Morgan fingerprint density at radius 3 is 2.60 bits per heavy atom. The van der Waals surface area contributed by atoms with Gasteiger partial charge >= 0.3 is 6.61 Å². The maximum absolute atomic E-state index is 13.1. The zero-order valence-corrected chi connectivity index (χ0v) is 7.54. The molecule has 0 heterocycles. The minimum Gasteiger partial charge on any atom is -0.435 e. The molecule has 0 aromatic heterocycles. The van der Waals surface area contributed by atoms with Crippen molar-refractivity contribution in [2.75, 3.05) is 6.54 Å². The molecule has 0 amide bonds. The van der Waals surface area contributed by atoms with E-state index in [1.54, 1.807) is 0 Å². The van der Waals surface area contributed by atoms with Crippen molar-refractivity contribution >= 4 is 5.78 Å². The van der Waals surface area contributed by atoms with E-state index in [1.807, 2.05) is 0 Å². The predicted octanol–water partition coefficient (Wildman–Crippen LogP) is 1.57. The first-order valence-corrected chi connectivity index (χ1v) is 4.02. The van der Waals surface area contributed by atoms with Crippen LogP contribution in [0, 0.1) is 5.82 Å². The molecule has 1 rings (SSSR count). The number of benzene rings is 1. The second-order valence-corrected chi connectivity index (χ2v) is 2.65. The molecule has 0 fully saturated rings. The lowest BCUT2D eigenvalue weighted by atomic mass is 10.1. The minimum absolute atomic E-state index is 0.237. The lowest BCUT2D eigenvalue weighted by molar-refractivity contribution is -0.0499. The number of ether oxygens (including phenoxy) is 1. The highest BCUT2D eigenvalue weighted by Crippen LogP contribution is 2.18. The summed E-state index contributed by atoms with van der Waals surface area (Å²) in [5, 5.41) is 0. The van der Waals surface area contributed by atoms with Gasteiger partial charge in [-0.15, -0.1) is 0 Å². The van der Waals surface area contributed by atoms with E-state index >= 15 is 0 Å². The van der Waals surface area contributed by atoms with E-state index in [0.29, 0.717) is 0 Å². The number of halogens is 3. The molecule has 3 nitrogen and oxygen atoms in total. The number of rotatable bonds is 4. The van der Waals surface area contributed by atoms with Gasteiger partial charge in [0, 0.05) is 6.07 Å². The summed E-state index contributed by atoms with van der Waals surface area (Å²) in [6, 6.07) is 2.86.